The lowest BCUT2D eigenvalue weighted by atomic mass is 10.0. The van der Waals surface area contributed by atoms with Crippen LogP contribution in [-0.2, 0) is 4.79 Å². The van der Waals surface area contributed by atoms with Crippen LogP contribution in [0, 0.1) is 11.3 Å². The molecule has 1 fully saturated rings. The minimum atomic E-state index is -0.713. The lowest BCUT2D eigenvalue weighted by molar-refractivity contribution is -0.118. The molecule has 0 bridgehead atoms. The highest BCUT2D eigenvalue weighted by Crippen LogP contribution is 2.28. The van der Waals surface area contributed by atoms with E-state index in [2.05, 4.69) is 11.6 Å². The maximum atomic E-state index is 11.8. The summed E-state index contributed by atoms with van der Waals surface area (Å²) >= 11 is 0. The Kier molecular flexibility index (Phi) is 4.22. The SMILES string of the molecule is C=CC(=O)C1CCN(c2cc(C(=N)N)c(C(N)=O)cn2)C1N. The van der Waals surface area contributed by atoms with Crippen molar-refractivity contribution < 1.29 is 9.59 Å². The molecule has 1 aliphatic rings. The Balaban J connectivity index is 2.36. The first kappa shape index (κ1) is 15.6. The highest BCUT2D eigenvalue weighted by molar-refractivity contribution is 6.07. The summed E-state index contributed by atoms with van der Waals surface area (Å²) in [5.41, 5.74) is 17.1. The molecule has 0 radical (unpaired) electrons. The van der Waals surface area contributed by atoms with Gasteiger partial charge in [0.1, 0.15) is 11.7 Å². The fraction of sp³-hybridized carbons (Fsp3) is 0.286. The number of nitrogen functional groups attached to an aromatic ring is 1. The van der Waals surface area contributed by atoms with Crippen LogP contribution in [-0.4, -0.2) is 35.2 Å². The number of carbonyl (C=O) groups is 2. The topological polar surface area (TPSA) is 152 Å². The van der Waals surface area contributed by atoms with Crippen molar-refractivity contribution in [3.8, 4) is 0 Å². The second-order valence-electron chi connectivity index (χ2n) is 5.05. The second kappa shape index (κ2) is 5.94. The minimum absolute atomic E-state index is 0.0720. The average Bonchev–Trinajstić information content (AvgIpc) is 2.87. The van der Waals surface area contributed by atoms with E-state index in [4.69, 9.17) is 22.6 Å². The number of allylic oxidation sites excluding steroid dienone is 1. The summed E-state index contributed by atoms with van der Waals surface area (Å²) in [4.78, 5) is 29.0. The van der Waals surface area contributed by atoms with Crippen LogP contribution in [0.5, 0.6) is 0 Å². The molecule has 8 nitrogen and oxygen atoms in total. The molecule has 2 atom stereocenters. The highest BCUT2D eigenvalue weighted by Gasteiger charge is 2.36. The van der Waals surface area contributed by atoms with Gasteiger partial charge in [0.15, 0.2) is 5.78 Å². The molecule has 8 heteroatoms. The van der Waals surface area contributed by atoms with E-state index in [9.17, 15) is 9.59 Å². The zero-order valence-electron chi connectivity index (χ0n) is 12.0. The van der Waals surface area contributed by atoms with E-state index >= 15 is 0 Å². The van der Waals surface area contributed by atoms with Crippen molar-refractivity contribution in [2.24, 2.45) is 23.1 Å². The molecule has 0 spiro atoms. The van der Waals surface area contributed by atoms with Gasteiger partial charge in [-0.25, -0.2) is 4.98 Å². The molecule has 1 saturated heterocycles. The van der Waals surface area contributed by atoms with E-state index in [1.165, 1.54) is 18.3 Å². The van der Waals surface area contributed by atoms with Gasteiger partial charge in [-0.1, -0.05) is 6.58 Å². The van der Waals surface area contributed by atoms with Crippen molar-refractivity contribution in [2.75, 3.05) is 11.4 Å². The number of amides is 1. The van der Waals surface area contributed by atoms with Gasteiger partial charge >= 0.3 is 0 Å². The van der Waals surface area contributed by atoms with E-state index in [1.807, 2.05) is 0 Å². The largest absolute Gasteiger partial charge is 0.384 e. The van der Waals surface area contributed by atoms with E-state index in [1.54, 1.807) is 4.90 Å². The van der Waals surface area contributed by atoms with Crippen molar-refractivity contribution >= 4 is 23.3 Å². The smallest absolute Gasteiger partial charge is 0.251 e. The maximum absolute atomic E-state index is 11.8. The Hall–Kier alpha value is -2.74. The van der Waals surface area contributed by atoms with Gasteiger partial charge in [-0.2, -0.15) is 0 Å². The average molecular weight is 302 g/mol. The van der Waals surface area contributed by atoms with Gasteiger partial charge in [0.2, 0.25) is 0 Å². The molecule has 1 aromatic rings. The Labute approximate surface area is 127 Å². The first-order valence-corrected chi connectivity index (χ1v) is 6.69. The summed E-state index contributed by atoms with van der Waals surface area (Å²) in [5.74, 6) is -1.02. The van der Waals surface area contributed by atoms with Gasteiger partial charge in [-0.15, -0.1) is 0 Å². The molecule has 2 unspecified atom stereocenters. The standard InChI is InChI=1S/C14H18N6O2/c1-2-10(21)7-3-4-20(13(7)17)11-5-8(12(15)16)9(6-19-11)14(18)22/h2,5-7,13H,1,3-4,17H2,(H3,15,16)(H2,18,22). The molecule has 0 aromatic carbocycles. The molecule has 2 rings (SSSR count). The summed E-state index contributed by atoms with van der Waals surface area (Å²) in [6.07, 6.45) is 2.57. The van der Waals surface area contributed by atoms with Crippen LogP contribution in [0.4, 0.5) is 5.82 Å². The van der Waals surface area contributed by atoms with E-state index in [0.29, 0.717) is 18.8 Å². The van der Waals surface area contributed by atoms with Gasteiger partial charge in [-0.05, 0) is 18.6 Å². The van der Waals surface area contributed by atoms with Crippen LogP contribution < -0.4 is 22.1 Å². The fourth-order valence-corrected chi connectivity index (χ4v) is 2.57. The number of anilines is 1. The number of ketones is 1. The van der Waals surface area contributed by atoms with Crippen molar-refractivity contribution in [2.45, 2.75) is 12.6 Å². The van der Waals surface area contributed by atoms with Crippen LogP contribution in [0.1, 0.15) is 22.3 Å². The van der Waals surface area contributed by atoms with Gasteiger partial charge in [0.05, 0.1) is 17.6 Å². The molecule has 2 heterocycles. The van der Waals surface area contributed by atoms with Crippen molar-refractivity contribution in [3.63, 3.8) is 0 Å². The minimum Gasteiger partial charge on any atom is -0.384 e. The number of nitrogens with zero attached hydrogens (tertiary/aromatic N) is 2. The summed E-state index contributed by atoms with van der Waals surface area (Å²) in [6.45, 7) is 4.00. The van der Waals surface area contributed by atoms with E-state index in [-0.39, 0.29) is 28.7 Å². The quantitative estimate of drug-likeness (QED) is 0.321. The predicted molar refractivity (Wildman–Crippen MR) is 82.4 cm³/mol. The predicted octanol–water partition coefficient (Wildman–Crippen LogP) is -0.669. The molecule has 0 saturated carbocycles. The first-order valence-electron chi connectivity index (χ1n) is 6.69. The number of nitrogens with one attached hydrogen (secondary N) is 1. The van der Waals surface area contributed by atoms with Gasteiger partial charge in [-0.3, -0.25) is 15.0 Å². The number of hydrogen-bond acceptors (Lipinski definition) is 6. The highest BCUT2D eigenvalue weighted by atomic mass is 16.1. The Bertz CT molecular complexity index is 657. The zero-order chi connectivity index (χ0) is 16.4. The number of nitrogens with two attached hydrogens (primary N) is 3. The summed E-state index contributed by atoms with van der Waals surface area (Å²) in [5, 5.41) is 7.55. The Morgan fingerprint density at radius 2 is 2.09 bits per heavy atom. The fourth-order valence-electron chi connectivity index (χ4n) is 2.57. The molecule has 1 aliphatic heterocycles. The molecule has 22 heavy (non-hydrogen) atoms. The van der Waals surface area contributed by atoms with Crippen LogP contribution in [0.15, 0.2) is 24.9 Å². The van der Waals surface area contributed by atoms with Crippen LogP contribution in [0.2, 0.25) is 0 Å². The molecule has 1 amide bonds. The molecule has 7 N–H and O–H groups in total. The van der Waals surface area contributed by atoms with Gasteiger partial charge in [0, 0.05) is 18.3 Å². The zero-order valence-corrected chi connectivity index (χ0v) is 12.0. The number of rotatable bonds is 5. The normalized spacial score (nSPS) is 20.7. The number of primary amides is 1. The molecule has 116 valence electrons. The van der Waals surface area contributed by atoms with E-state index < -0.39 is 12.1 Å². The van der Waals surface area contributed by atoms with Crippen LogP contribution in [0.25, 0.3) is 0 Å². The van der Waals surface area contributed by atoms with Gasteiger partial charge in [0.25, 0.3) is 5.91 Å². The van der Waals surface area contributed by atoms with Crippen molar-refractivity contribution in [3.05, 3.63) is 36.0 Å². The van der Waals surface area contributed by atoms with Crippen molar-refractivity contribution in [1.82, 2.24) is 4.98 Å². The lowest BCUT2D eigenvalue weighted by Crippen LogP contribution is -2.43. The third kappa shape index (κ3) is 2.68. The second-order valence-corrected chi connectivity index (χ2v) is 5.05. The number of carbonyl (C=O) groups excluding carboxylic acids is 2. The monoisotopic (exact) mass is 302 g/mol. The van der Waals surface area contributed by atoms with Crippen molar-refractivity contribution in [1.29, 1.82) is 5.41 Å². The Morgan fingerprint density at radius 1 is 1.41 bits per heavy atom. The van der Waals surface area contributed by atoms with Crippen LogP contribution >= 0.6 is 0 Å². The third-order valence-electron chi connectivity index (χ3n) is 3.76. The first-order chi connectivity index (χ1) is 10.4. The summed E-state index contributed by atoms with van der Waals surface area (Å²) in [7, 11) is 0. The number of aromatic nitrogens is 1. The molecule has 1 aromatic heterocycles. The lowest BCUT2D eigenvalue weighted by Gasteiger charge is -2.25. The maximum Gasteiger partial charge on any atom is 0.251 e. The molecular weight excluding hydrogens is 284 g/mol. The molecule has 0 aliphatic carbocycles. The van der Waals surface area contributed by atoms with Crippen LogP contribution in [0.3, 0.4) is 0 Å². The number of amidine groups is 1. The van der Waals surface area contributed by atoms with E-state index in [0.717, 1.165) is 0 Å². The third-order valence-corrected chi connectivity index (χ3v) is 3.76. The van der Waals surface area contributed by atoms with Gasteiger partial charge < -0.3 is 22.1 Å². The Morgan fingerprint density at radius 3 is 2.64 bits per heavy atom. The molecular formula is C14H18N6O2. The number of hydrogen-bond donors (Lipinski definition) is 4. The number of pyridine rings is 1. The summed E-state index contributed by atoms with van der Waals surface area (Å²) < 4.78 is 0. The summed E-state index contributed by atoms with van der Waals surface area (Å²) in [6, 6.07) is 1.49.